The number of benzene rings is 1. The van der Waals surface area contributed by atoms with E-state index < -0.39 is 11.9 Å². The van der Waals surface area contributed by atoms with Crippen molar-refractivity contribution in [1.82, 2.24) is 4.90 Å². The van der Waals surface area contributed by atoms with Crippen LogP contribution in [-0.4, -0.2) is 41.4 Å². The molecule has 1 fully saturated rings. The van der Waals surface area contributed by atoms with Gasteiger partial charge < -0.3 is 10.0 Å². The summed E-state index contributed by atoms with van der Waals surface area (Å²) in [4.78, 5) is 26.2. The van der Waals surface area contributed by atoms with E-state index in [2.05, 4.69) is 11.8 Å². The summed E-state index contributed by atoms with van der Waals surface area (Å²) >= 11 is 0. The summed E-state index contributed by atoms with van der Waals surface area (Å²) in [5, 5.41) is 9.18. The largest absolute Gasteiger partial charge is 0.481 e. The molecule has 0 spiro atoms. The molecule has 1 atom stereocenters. The molecule has 126 valence electrons. The smallest absolute Gasteiger partial charge is 0.304 e. The number of carbonyl (C=O) groups excluding carboxylic acids is 1. The second-order valence-corrected chi connectivity index (χ2v) is 6.94. The van der Waals surface area contributed by atoms with Gasteiger partial charge in [0.2, 0.25) is 0 Å². The summed E-state index contributed by atoms with van der Waals surface area (Å²) in [6.45, 7) is 8.68. The Morgan fingerprint density at radius 3 is 2.43 bits per heavy atom. The molecular formula is C19H27NO3. The Labute approximate surface area is 138 Å². The molecule has 0 saturated carbocycles. The van der Waals surface area contributed by atoms with Gasteiger partial charge in [-0.25, -0.2) is 0 Å². The van der Waals surface area contributed by atoms with Gasteiger partial charge in [-0.15, -0.1) is 0 Å². The lowest BCUT2D eigenvalue weighted by Crippen LogP contribution is -2.39. The van der Waals surface area contributed by atoms with Crippen molar-refractivity contribution in [3.63, 3.8) is 0 Å². The number of nitrogens with zero attached hydrogens (tertiary/aromatic N) is 1. The van der Waals surface area contributed by atoms with E-state index in [9.17, 15) is 14.7 Å². The van der Waals surface area contributed by atoms with Gasteiger partial charge in [0.1, 0.15) is 0 Å². The maximum absolute atomic E-state index is 12.8. The molecule has 2 rings (SSSR count). The average Bonchev–Trinajstić information content (AvgIpc) is 2.50. The van der Waals surface area contributed by atoms with Crippen LogP contribution in [0.3, 0.4) is 0 Å². The first kappa shape index (κ1) is 17.7. The van der Waals surface area contributed by atoms with Crippen LogP contribution in [0, 0.1) is 25.7 Å². The summed E-state index contributed by atoms with van der Waals surface area (Å²) in [5.41, 5.74) is 2.84. The summed E-state index contributed by atoms with van der Waals surface area (Å²) in [5.74, 6) is -0.700. The SMILES string of the molecule is Cc1ccc(C(=O)C(CC(=O)O)CN2CCC(C)CC2)cc1C. The van der Waals surface area contributed by atoms with E-state index >= 15 is 0 Å². The lowest BCUT2D eigenvalue weighted by atomic mass is 9.91. The minimum Gasteiger partial charge on any atom is -0.481 e. The fourth-order valence-corrected chi connectivity index (χ4v) is 3.14. The number of likely N-dealkylation sites (tertiary alicyclic amines) is 1. The first-order valence-electron chi connectivity index (χ1n) is 8.42. The van der Waals surface area contributed by atoms with Crippen LogP contribution in [0.5, 0.6) is 0 Å². The molecule has 1 N–H and O–H groups in total. The van der Waals surface area contributed by atoms with Crippen LogP contribution < -0.4 is 0 Å². The summed E-state index contributed by atoms with van der Waals surface area (Å²) < 4.78 is 0. The second kappa shape index (κ2) is 7.73. The highest BCUT2D eigenvalue weighted by atomic mass is 16.4. The first-order chi connectivity index (χ1) is 10.9. The molecule has 23 heavy (non-hydrogen) atoms. The summed E-state index contributed by atoms with van der Waals surface area (Å²) in [6, 6.07) is 5.63. The van der Waals surface area contributed by atoms with Gasteiger partial charge in [0, 0.05) is 18.0 Å². The van der Waals surface area contributed by atoms with Gasteiger partial charge >= 0.3 is 5.97 Å². The number of aryl methyl sites for hydroxylation is 2. The quantitative estimate of drug-likeness (QED) is 0.818. The normalized spacial score (nSPS) is 17.9. The highest BCUT2D eigenvalue weighted by Crippen LogP contribution is 2.21. The number of ketones is 1. The average molecular weight is 317 g/mol. The molecule has 0 amide bonds. The van der Waals surface area contributed by atoms with Crippen molar-refractivity contribution in [3.8, 4) is 0 Å². The zero-order valence-corrected chi connectivity index (χ0v) is 14.3. The van der Waals surface area contributed by atoms with Crippen molar-refractivity contribution < 1.29 is 14.7 Å². The van der Waals surface area contributed by atoms with Crippen molar-refractivity contribution in [2.24, 2.45) is 11.8 Å². The van der Waals surface area contributed by atoms with E-state index in [1.165, 1.54) is 0 Å². The van der Waals surface area contributed by atoms with Gasteiger partial charge in [0.25, 0.3) is 0 Å². The highest BCUT2D eigenvalue weighted by molar-refractivity contribution is 5.99. The second-order valence-electron chi connectivity index (χ2n) is 6.94. The number of carbonyl (C=O) groups is 2. The molecular weight excluding hydrogens is 290 g/mol. The number of hydrogen-bond acceptors (Lipinski definition) is 3. The van der Waals surface area contributed by atoms with Crippen molar-refractivity contribution in [3.05, 3.63) is 34.9 Å². The Morgan fingerprint density at radius 1 is 1.22 bits per heavy atom. The predicted molar refractivity (Wildman–Crippen MR) is 90.8 cm³/mol. The molecule has 1 aliphatic rings. The molecule has 1 aliphatic heterocycles. The van der Waals surface area contributed by atoms with Gasteiger partial charge in [-0.05, 0) is 62.9 Å². The van der Waals surface area contributed by atoms with E-state index in [0.717, 1.165) is 43.0 Å². The van der Waals surface area contributed by atoms with Crippen LogP contribution in [-0.2, 0) is 4.79 Å². The van der Waals surface area contributed by atoms with E-state index in [-0.39, 0.29) is 12.2 Å². The lowest BCUT2D eigenvalue weighted by Gasteiger charge is -2.32. The number of carboxylic acids is 1. The zero-order valence-electron chi connectivity index (χ0n) is 14.3. The molecule has 0 aliphatic carbocycles. The monoisotopic (exact) mass is 317 g/mol. The molecule has 1 unspecified atom stereocenters. The van der Waals surface area contributed by atoms with Crippen LogP contribution in [0.2, 0.25) is 0 Å². The lowest BCUT2D eigenvalue weighted by molar-refractivity contribution is -0.137. The number of piperidine rings is 1. The Kier molecular flexibility index (Phi) is 5.94. The Hall–Kier alpha value is -1.68. The standard InChI is InChI=1S/C19H27NO3/c1-13-6-8-20(9-7-13)12-17(11-18(21)22)19(23)16-5-4-14(2)15(3)10-16/h4-5,10,13,17H,6-9,11-12H2,1-3H3,(H,21,22). The van der Waals surface area contributed by atoms with Crippen LogP contribution in [0.15, 0.2) is 18.2 Å². The predicted octanol–water partition coefficient (Wildman–Crippen LogP) is 3.31. The molecule has 0 radical (unpaired) electrons. The molecule has 4 nitrogen and oxygen atoms in total. The van der Waals surface area contributed by atoms with E-state index in [1.807, 2.05) is 32.0 Å². The maximum atomic E-state index is 12.8. The van der Waals surface area contributed by atoms with Gasteiger partial charge in [0.15, 0.2) is 5.78 Å². The van der Waals surface area contributed by atoms with Crippen LogP contribution in [0.1, 0.15) is 47.7 Å². The van der Waals surface area contributed by atoms with Crippen molar-refractivity contribution in [2.75, 3.05) is 19.6 Å². The zero-order chi connectivity index (χ0) is 17.0. The minimum atomic E-state index is -0.905. The third-order valence-electron chi connectivity index (χ3n) is 4.94. The number of aliphatic carboxylic acids is 1. The highest BCUT2D eigenvalue weighted by Gasteiger charge is 2.27. The molecule has 1 aromatic rings. The maximum Gasteiger partial charge on any atom is 0.304 e. The van der Waals surface area contributed by atoms with Gasteiger partial charge in [-0.2, -0.15) is 0 Å². The van der Waals surface area contributed by atoms with Crippen LogP contribution >= 0.6 is 0 Å². The van der Waals surface area contributed by atoms with Crippen LogP contribution in [0.25, 0.3) is 0 Å². The Balaban J connectivity index is 2.11. The van der Waals surface area contributed by atoms with Gasteiger partial charge in [0.05, 0.1) is 6.42 Å². The number of Topliss-reactive ketones (excluding diaryl/α,β-unsaturated/α-hetero) is 1. The summed E-state index contributed by atoms with van der Waals surface area (Å²) in [6.07, 6.45) is 2.15. The van der Waals surface area contributed by atoms with E-state index in [0.29, 0.717) is 12.1 Å². The van der Waals surface area contributed by atoms with Gasteiger partial charge in [-0.3, -0.25) is 9.59 Å². The molecule has 1 aromatic carbocycles. The van der Waals surface area contributed by atoms with E-state index in [4.69, 9.17) is 0 Å². The fraction of sp³-hybridized carbons (Fsp3) is 0.579. The molecule has 0 bridgehead atoms. The van der Waals surface area contributed by atoms with Crippen molar-refractivity contribution in [1.29, 1.82) is 0 Å². The summed E-state index contributed by atoms with van der Waals surface area (Å²) in [7, 11) is 0. The number of hydrogen-bond donors (Lipinski definition) is 1. The van der Waals surface area contributed by atoms with Crippen LogP contribution in [0.4, 0.5) is 0 Å². The minimum absolute atomic E-state index is 0.0471. The van der Waals surface area contributed by atoms with Gasteiger partial charge in [-0.1, -0.05) is 19.1 Å². The third-order valence-corrected chi connectivity index (χ3v) is 4.94. The van der Waals surface area contributed by atoms with Crippen molar-refractivity contribution in [2.45, 2.75) is 40.0 Å². The Morgan fingerprint density at radius 2 is 1.87 bits per heavy atom. The topological polar surface area (TPSA) is 57.6 Å². The number of carboxylic acid groups (broad SMARTS) is 1. The molecule has 1 heterocycles. The molecule has 4 heteroatoms. The molecule has 1 saturated heterocycles. The first-order valence-corrected chi connectivity index (χ1v) is 8.42. The van der Waals surface area contributed by atoms with Crippen molar-refractivity contribution >= 4 is 11.8 Å². The fourth-order valence-electron chi connectivity index (χ4n) is 3.14. The third kappa shape index (κ3) is 4.90. The Bertz CT molecular complexity index is 574. The number of rotatable bonds is 6. The van der Waals surface area contributed by atoms with E-state index in [1.54, 1.807) is 0 Å². The molecule has 0 aromatic heterocycles.